The molecule has 0 aromatic heterocycles. The predicted molar refractivity (Wildman–Crippen MR) is 38.8 cm³/mol. The highest BCUT2D eigenvalue weighted by Gasteiger charge is 2.20. The van der Waals surface area contributed by atoms with Crippen LogP contribution in [0.3, 0.4) is 0 Å². The zero-order chi connectivity index (χ0) is 6.69. The van der Waals surface area contributed by atoms with Crippen LogP contribution in [0.1, 0.15) is 25.7 Å². The van der Waals surface area contributed by atoms with Crippen molar-refractivity contribution in [3.05, 3.63) is 0 Å². The summed E-state index contributed by atoms with van der Waals surface area (Å²) in [5, 5.41) is 0. The van der Waals surface area contributed by atoms with E-state index in [9.17, 15) is 0 Å². The van der Waals surface area contributed by atoms with Gasteiger partial charge < -0.3 is 5.73 Å². The van der Waals surface area contributed by atoms with Crippen molar-refractivity contribution in [1.29, 1.82) is 0 Å². The van der Waals surface area contributed by atoms with Crippen molar-refractivity contribution in [2.45, 2.75) is 31.7 Å². The summed E-state index contributed by atoms with van der Waals surface area (Å²) in [6.07, 6.45) is 10.2. The number of terminal acetylenes is 1. The zero-order valence-electron chi connectivity index (χ0n) is 5.64. The maximum Gasteiger partial charge on any atom is 0.0662 e. The first-order valence-corrected chi connectivity index (χ1v) is 3.54. The third-order valence-corrected chi connectivity index (χ3v) is 1.80. The molecule has 1 fully saturated rings. The van der Waals surface area contributed by atoms with Crippen LogP contribution in [-0.4, -0.2) is 6.04 Å². The van der Waals surface area contributed by atoms with Gasteiger partial charge in [-0.3, -0.25) is 0 Å². The first-order chi connectivity index (χ1) is 4.33. The molecule has 1 rings (SSSR count). The van der Waals surface area contributed by atoms with Crippen LogP contribution in [0.25, 0.3) is 0 Å². The lowest BCUT2D eigenvalue weighted by molar-refractivity contribution is 0.628. The van der Waals surface area contributed by atoms with Crippen molar-refractivity contribution in [3.8, 4) is 12.3 Å². The fraction of sp³-hybridized carbons (Fsp3) is 0.750. The first-order valence-electron chi connectivity index (χ1n) is 3.54. The quantitative estimate of drug-likeness (QED) is 0.559. The molecule has 0 radical (unpaired) electrons. The Bertz CT molecular complexity index is 119. The van der Waals surface area contributed by atoms with E-state index in [0.29, 0.717) is 0 Å². The van der Waals surface area contributed by atoms with Gasteiger partial charge in [0.05, 0.1) is 6.04 Å². The Labute approximate surface area is 56.6 Å². The summed E-state index contributed by atoms with van der Waals surface area (Å²) < 4.78 is 0. The lowest BCUT2D eigenvalue weighted by Gasteiger charge is -2.00. The minimum atomic E-state index is 0.00519. The van der Waals surface area contributed by atoms with Gasteiger partial charge in [-0.05, 0) is 18.8 Å². The van der Waals surface area contributed by atoms with Crippen LogP contribution >= 0.6 is 0 Å². The van der Waals surface area contributed by atoms with Crippen LogP contribution in [0.4, 0.5) is 0 Å². The largest absolute Gasteiger partial charge is 0.318 e. The van der Waals surface area contributed by atoms with Gasteiger partial charge in [-0.1, -0.05) is 18.8 Å². The van der Waals surface area contributed by atoms with Crippen LogP contribution in [-0.2, 0) is 0 Å². The molecule has 1 unspecified atom stereocenters. The van der Waals surface area contributed by atoms with E-state index >= 15 is 0 Å². The Morgan fingerprint density at radius 2 is 2.33 bits per heavy atom. The van der Waals surface area contributed by atoms with Crippen LogP contribution in [0, 0.1) is 18.3 Å². The molecule has 1 aliphatic carbocycles. The normalized spacial score (nSPS) is 20.9. The molecule has 0 aromatic carbocycles. The first kappa shape index (κ1) is 6.64. The van der Waals surface area contributed by atoms with E-state index in [1.54, 1.807) is 0 Å². The summed E-state index contributed by atoms with van der Waals surface area (Å²) in [6.45, 7) is 0. The van der Waals surface area contributed by atoms with Gasteiger partial charge in [0.15, 0.2) is 0 Å². The summed E-state index contributed by atoms with van der Waals surface area (Å²) in [7, 11) is 0. The molecule has 0 aliphatic heterocycles. The maximum absolute atomic E-state index is 5.51. The Morgan fingerprint density at radius 1 is 1.67 bits per heavy atom. The van der Waals surface area contributed by atoms with Crippen molar-refractivity contribution in [3.63, 3.8) is 0 Å². The van der Waals surface area contributed by atoms with Gasteiger partial charge in [-0.15, -0.1) is 6.42 Å². The van der Waals surface area contributed by atoms with Crippen LogP contribution in [0.2, 0.25) is 0 Å². The van der Waals surface area contributed by atoms with Gasteiger partial charge in [0, 0.05) is 0 Å². The minimum Gasteiger partial charge on any atom is -0.318 e. The Balaban J connectivity index is 1.97. The molecule has 2 N–H and O–H groups in total. The van der Waals surface area contributed by atoms with Crippen molar-refractivity contribution in [1.82, 2.24) is 0 Å². The highest BCUT2D eigenvalue weighted by Crippen LogP contribution is 2.33. The molecule has 1 heteroatoms. The van der Waals surface area contributed by atoms with Crippen molar-refractivity contribution in [2.24, 2.45) is 11.7 Å². The molecule has 1 nitrogen and oxygen atoms in total. The van der Waals surface area contributed by atoms with Gasteiger partial charge in [0.25, 0.3) is 0 Å². The summed E-state index contributed by atoms with van der Waals surface area (Å²) in [5.74, 6) is 3.49. The maximum atomic E-state index is 5.51. The van der Waals surface area contributed by atoms with Gasteiger partial charge in [0.1, 0.15) is 0 Å². The monoisotopic (exact) mass is 123 g/mol. The summed E-state index contributed by atoms with van der Waals surface area (Å²) in [6, 6.07) is 0.00519. The number of hydrogen-bond acceptors (Lipinski definition) is 1. The molecule has 0 saturated heterocycles. The third kappa shape index (κ3) is 2.53. The average molecular weight is 123 g/mol. The van der Waals surface area contributed by atoms with Gasteiger partial charge in [-0.25, -0.2) is 0 Å². The molecule has 1 atom stereocenters. The Hall–Kier alpha value is -0.480. The molecule has 1 saturated carbocycles. The van der Waals surface area contributed by atoms with E-state index in [1.807, 2.05) is 0 Å². The SMILES string of the molecule is C#CC(N)CCC1CC1. The molecule has 0 spiro atoms. The number of rotatable bonds is 3. The molecule has 9 heavy (non-hydrogen) atoms. The van der Waals surface area contributed by atoms with Crippen molar-refractivity contribution < 1.29 is 0 Å². The highest BCUT2D eigenvalue weighted by atomic mass is 14.6. The summed E-state index contributed by atoms with van der Waals surface area (Å²) in [5.41, 5.74) is 5.51. The van der Waals surface area contributed by atoms with Crippen molar-refractivity contribution >= 4 is 0 Å². The molecule has 0 bridgehead atoms. The third-order valence-electron chi connectivity index (χ3n) is 1.80. The molecule has 0 amide bonds. The smallest absolute Gasteiger partial charge is 0.0662 e. The number of hydrogen-bond donors (Lipinski definition) is 1. The molecule has 1 aliphatic rings. The van der Waals surface area contributed by atoms with Crippen LogP contribution in [0.5, 0.6) is 0 Å². The van der Waals surface area contributed by atoms with E-state index < -0.39 is 0 Å². The molecule has 0 heterocycles. The van der Waals surface area contributed by atoms with E-state index in [1.165, 1.54) is 19.3 Å². The molecular formula is C8H13N. The van der Waals surface area contributed by atoms with Gasteiger partial charge in [-0.2, -0.15) is 0 Å². The van der Waals surface area contributed by atoms with Crippen LogP contribution < -0.4 is 5.73 Å². The summed E-state index contributed by atoms with van der Waals surface area (Å²) >= 11 is 0. The zero-order valence-corrected chi connectivity index (χ0v) is 5.64. The highest BCUT2D eigenvalue weighted by molar-refractivity contribution is 4.96. The topological polar surface area (TPSA) is 26.0 Å². The molecule has 0 aromatic rings. The van der Waals surface area contributed by atoms with Gasteiger partial charge >= 0.3 is 0 Å². The predicted octanol–water partition coefficient (Wildman–Crippen LogP) is 1.14. The van der Waals surface area contributed by atoms with Crippen molar-refractivity contribution in [2.75, 3.05) is 0 Å². The van der Waals surface area contributed by atoms with E-state index in [4.69, 9.17) is 12.2 Å². The lowest BCUT2D eigenvalue weighted by Crippen LogP contribution is -2.16. The van der Waals surface area contributed by atoms with Crippen LogP contribution in [0.15, 0.2) is 0 Å². The Kier molecular flexibility index (Phi) is 2.13. The lowest BCUT2D eigenvalue weighted by atomic mass is 10.1. The fourth-order valence-corrected chi connectivity index (χ4v) is 0.905. The second kappa shape index (κ2) is 2.89. The minimum absolute atomic E-state index is 0.00519. The Morgan fingerprint density at radius 3 is 2.78 bits per heavy atom. The standard InChI is InChI=1S/C8H13N/c1-2-8(9)6-5-7-3-4-7/h1,7-8H,3-6,9H2. The second-order valence-electron chi connectivity index (χ2n) is 2.79. The second-order valence-corrected chi connectivity index (χ2v) is 2.79. The van der Waals surface area contributed by atoms with E-state index in [0.717, 1.165) is 12.3 Å². The average Bonchev–Trinajstić information content (AvgIpc) is 2.65. The van der Waals surface area contributed by atoms with E-state index in [2.05, 4.69) is 5.92 Å². The molecule has 50 valence electrons. The summed E-state index contributed by atoms with van der Waals surface area (Å²) in [4.78, 5) is 0. The molecular weight excluding hydrogens is 110 g/mol. The number of nitrogens with two attached hydrogens (primary N) is 1. The van der Waals surface area contributed by atoms with Gasteiger partial charge in [0.2, 0.25) is 0 Å². The fourth-order valence-electron chi connectivity index (χ4n) is 0.905. The van der Waals surface area contributed by atoms with E-state index in [-0.39, 0.29) is 6.04 Å².